The lowest BCUT2D eigenvalue weighted by Gasteiger charge is -2.08. The summed E-state index contributed by atoms with van der Waals surface area (Å²) in [4.78, 5) is 28.7. The normalized spacial score (nSPS) is 10.4. The van der Waals surface area contributed by atoms with Gasteiger partial charge in [-0.1, -0.05) is 23.9 Å². The Hall–Kier alpha value is -3.06. The van der Waals surface area contributed by atoms with Gasteiger partial charge >= 0.3 is 0 Å². The van der Waals surface area contributed by atoms with E-state index < -0.39 is 0 Å². The molecule has 0 radical (unpaired) electrons. The first-order valence-electron chi connectivity index (χ1n) is 8.41. The number of benzene rings is 2. The van der Waals surface area contributed by atoms with Crippen LogP contribution in [0.5, 0.6) is 0 Å². The number of carbonyl (C=O) groups is 2. The van der Waals surface area contributed by atoms with Gasteiger partial charge in [-0.2, -0.15) is 0 Å². The average Bonchev–Trinajstić information content (AvgIpc) is 3.06. The van der Waals surface area contributed by atoms with E-state index in [-0.39, 0.29) is 11.8 Å². The number of hydrogen-bond acceptors (Lipinski definition) is 4. The van der Waals surface area contributed by atoms with Crippen LogP contribution >= 0.6 is 11.8 Å². The Morgan fingerprint density at radius 1 is 1.07 bits per heavy atom. The van der Waals surface area contributed by atoms with E-state index in [0.29, 0.717) is 12.1 Å². The summed E-state index contributed by atoms with van der Waals surface area (Å²) in [6.07, 6.45) is 3.66. The van der Waals surface area contributed by atoms with E-state index in [9.17, 15) is 9.59 Å². The van der Waals surface area contributed by atoms with E-state index in [1.165, 1.54) is 6.92 Å². The highest BCUT2D eigenvalue weighted by Crippen LogP contribution is 2.26. The fourth-order valence-electron chi connectivity index (χ4n) is 2.37. The van der Waals surface area contributed by atoms with Crippen molar-refractivity contribution in [1.82, 2.24) is 14.9 Å². The van der Waals surface area contributed by atoms with Gasteiger partial charge in [-0.25, -0.2) is 4.98 Å². The maximum Gasteiger partial charge on any atom is 0.255 e. The zero-order valence-electron chi connectivity index (χ0n) is 15.1. The van der Waals surface area contributed by atoms with Gasteiger partial charge in [0.15, 0.2) is 5.16 Å². The molecule has 3 aromatic rings. The highest BCUT2D eigenvalue weighted by atomic mass is 32.2. The highest BCUT2D eigenvalue weighted by Gasteiger charge is 2.07. The van der Waals surface area contributed by atoms with E-state index in [4.69, 9.17) is 0 Å². The molecule has 0 atom stereocenters. The molecule has 0 aliphatic heterocycles. The third-order valence-electron chi connectivity index (χ3n) is 3.86. The number of imidazole rings is 1. The molecule has 0 spiro atoms. The van der Waals surface area contributed by atoms with Crippen molar-refractivity contribution in [1.29, 1.82) is 0 Å². The van der Waals surface area contributed by atoms with Crippen LogP contribution in [0.3, 0.4) is 0 Å². The Bertz CT molecular complexity index is 933. The van der Waals surface area contributed by atoms with Crippen LogP contribution in [0.2, 0.25) is 0 Å². The summed E-state index contributed by atoms with van der Waals surface area (Å²) >= 11 is 1.56. The van der Waals surface area contributed by atoms with E-state index >= 15 is 0 Å². The number of nitrogens with zero attached hydrogens (tertiary/aromatic N) is 2. The predicted octanol–water partition coefficient (Wildman–Crippen LogP) is 3.46. The topological polar surface area (TPSA) is 76.0 Å². The SMILES string of the molecule is CC(=O)NCc1ccc(C(=O)Nc2ccc(Sc3nccn3C)cc2)cc1. The van der Waals surface area contributed by atoms with Gasteiger partial charge in [-0.15, -0.1) is 0 Å². The first-order valence-corrected chi connectivity index (χ1v) is 9.23. The fraction of sp³-hybridized carbons (Fsp3) is 0.150. The molecular formula is C20H20N4O2S. The minimum absolute atomic E-state index is 0.0821. The summed E-state index contributed by atoms with van der Waals surface area (Å²) < 4.78 is 1.95. The molecule has 0 fully saturated rings. The summed E-state index contributed by atoms with van der Waals surface area (Å²) in [6.45, 7) is 1.92. The van der Waals surface area contributed by atoms with Crippen LogP contribution in [0.15, 0.2) is 71.0 Å². The lowest BCUT2D eigenvalue weighted by atomic mass is 10.1. The number of aromatic nitrogens is 2. The van der Waals surface area contributed by atoms with Gasteiger partial charge in [0.2, 0.25) is 5.91 Å². The van der Waals surface area contributed by atoms with Crippen LogP contribution in [0, 0.1) is 0 Å². The van der Waals surface area contributed by atoms with E-state index in [1.807, 2.05) is 54.2 Å². The third kappa shape index (κ3) is 5.21. The van der Waals surface area contributed by atoms with Crippen LogP contribution in [0.4, 0.5) is 5.69 Å². The van der Waals surface area contributed by atoms with Crippen molar-refractivity contribution in [2.45, 2.75) is 23.5 Å². The highest BCUT2D eigenvalue weighted by molar-refractivity contribution is 7.99. The molecule has 27 heavy (non-hydrogen) atoms. The molecule has 2 amide bonds. The van der Waals surface area contributed by atoms with Crippen molar-refractivity contribution in [2.24, 2.45) is 7.05 Å². The maximum absolute atomic E-state index is 12.4. The van der Waals surface area contributed by atoms with Crippen molar-refractivity contribution < 1.29 is 9.59 Å². The summed E-state index contributed by atoms with van der Waals surface area (Å²) in [6, 6.07) is 14.8. The molecule has 7 heteroatoms. The van der Waals surface area contributed by atoms with Crippen LogP contribution in [-0.2, 0) is 18.4 Å². The Labute approximate surface area is 162 Å². The Morgan fingerprint density at radius 3 is 2.37 bits per heavy atom. The van der Waals surface area contributed by atoms with Gasteiger partial charge in [0, 0.05) is 49.1 Å². The van der Waals surface area contributed by atoms with Crippen LogP contribution in [-0.4, -0.2) is 21.4 Å². The largest absolute Gasteiger partial charge is 0.352 e. The van der Waals surface area contributed by atoms with Crippen molar-refractivity contribution in [2.75, 3.05) is 5.32 Å². The number of hydrogen-bond donors (Lipinski definition) is 2. The second-order valence-electron chi connectivity index (χ2n) is 6.01. The number of carbonyl (C=O) groups excluding carboxylic acids is 2. The lowest BCUT2D eigenvalue weighted by Crippen LogP contribution is -2.19. The van der Waals surface area contributed by atoms with Crippen LogP contribution < -0.4 is 10.6 Å². The van der Waals surface area contributed by atoms with Crippen LogP contribution in [0.1, 0.15) is 22.8 Å². The summed E-state index contributed by atoms with van der Waals surface area (Å²) in [5.41, 5.74) is 2.23. The Morgan fingerprint density at radius 2 is 1.78 bits per heavy atom. The van der Waals surface area contributed by atoms with Crippen molar-refractivity contribution in [3.8, 4) is 0 Å². The monoisotopic (exact) mass is 380 g/mol. The summed E-state index contributed by atoms with van der Waals surface area (Å²) in [7, 11) is 1.95. The number of nitrogens with one attached hydrogen (secondary N) is 2. The molecule has 1 heterocycles. The lowest BCUT2D eigenvalue weighted by molar-refractivity contribution is -0.119. The molecular weight excluding hydrogens is 360 g/mol. The number of amides is 2. The van der Waals surface area contributed by atoms with E-state index in [1.54, 1.807) is 30.1 Å². The smallest absolute Gasteiger partial charge is 0.255 e. The molecule has 3 rings (SSSR count). The van der Waals surface area contributed by atoms with Crippen molar-refractivity contribution in [3.05, 3.63) is 72.1 Å². The zero-order chi connectivity index (χ0) is 19.2. The van der Waals surface area contributed by atoms with Crippen LogP contribution in [0.25, 0.3) is 0 Å². The molecule has 138 valence electrons. The van der Waals surface area contributed by atoms with Gasteiger partial charge in [0.05, 0.1) is 0 Å². The molecule has 1 aromatic heterocycles. The number of rotatable bonds is 6. The molecule has 2 N–H and O–H groups in total. The fourth-order valence-corrected chi connectivity index (χ4v) is 3.17. The molecule has 0 saturated heterocycles. The standard InChI is InChI=1S/C20H20N4O2S/c1-14(25)22-13-15-3-5-16(6-4-15)19(26)23-17-7-9-18(10-8-17)27-20-21-11-12-24(20)2/h3-12H,13H2,1-2H3,(H,22,25)(H,23,26). The molecule has 0 saturated carbocycles. The zero-order valence-corrected chi connectivity index (χ0v) is 15.9. The van der Waals surface area contributed by atoms with Gasteiger partial charge in [0.25, 0.3) is 5.91 Å². The second kappa shape index (κ2) is 8.55. The first-order chi connectivity index (χ1) is 13.0. The summed E-state index contributed by atoms with van der Waals surface area (Å²) in [5, 5.41) is 6.52. The molecule has 6 nitrogen and oxygen atoms in total. The van der Waals surface area contributed by atoms with Gasteiger partial charge in [-0.05, 0) is 42.0 Å². The molecule has 0 unspecified atom stereocenters. The minimum Gasteiger partial charge on any atom is -0.352 e. The quantitative estimate of drug-likeness (QED) is 0.687. The number of aryl methyl sites for hydroxylation is 1. The second-order valence-corrected chi connectivity index (χ2v) is 7.05. The van der Waals surface area contributed by atoms with Gasteiger partial charge in [-0.3, -0.25) is 9.59 Å². The Kier molecular flexibility index (Phi) is 5.93. The molecule has 2 aromatic carbocycles. The predicted molar refractivity (Wildman–Crippen MR) is 106 cm³/mol. The van der Waals surface area contributed by atoms with Crippen molar-refractivity contribution >= 4 is 29.3 Å². The van der Waals surface area contributed by atoms with Gasteiger partial charge in [0.1, 0.15) is 0 Å². The Balaban J connectivity index is 1.59. The molecule has 0 bridgehead atoms. The number of anilines is 1. The maximum atomic E-state index is 12.4. The molecule has 0 aliphatic rings. The van der Waals surface area contributed by atoms with E-state index in [2.05, 4.69) is 15.6 Å². The summed E-state index contributed by atoms with van der Waals surface area (Å²) in [5.74, 6) is -0.257. The van der Waals surface area contributed by atoms with Gasteiger partial charge < -0.3 is 15.2 Å². The van der Waals surface area contributed by atoms with Crippen molar-refractivity contribution in [3.63, 3.8) is 0 Å². The first kappa shape index (κ1) is 18.7. The minimum atomic E-state index is -0.175. The average molecular weight is 380 g/mol. The van der Waals surface area contributed by atoms with E-state index in [0.717, 1.165) is 21.3 Å². The molecule has 0 aliphatic carbocycles. The third-order valence-corrected chi connectivity index (χ3v) is 4.94.